The van der Waals surface area contributed by atoms with Crippen molar-refractivity contribution in [1.29, 1.82) is 0 Å². The van der Waals surface area contributed by atoms with E-state index in [1.54, 1.807) is 12.1 Å². The van der Waals surface area contributed by atoms with Gasteiger partial charge in [0.15, 0.2) is 0 Å². The van der Waals surface area contributed by atoms with E-state index in [0.717, 1.165) is 11.6 Å². The lowest BCUT2D eigenvalue weighted by Crippen LogP contribution is -2.50. The highest BCUT2D eigenvalue weighted by atomic mass is 28.3. The van der Waals surface area contributed by atoms with Crippen LogP contribution in [-0.4, -0.2) is 44.1 Å². The molecule has 3 aliphatic rings. The third-order valence-corrected chi connectivity index (χ3v) is 7.44. The molecule has 1 aromatic rings. The topological polar surface area (TPSA) is 89.9 Å². The fourth-order valence-corrected chi connectivity index (χ4v) is 5.07. The fraction of sp³-hybridized carbons (Fsp3) is 0.500. The standard InChI is InChI=1S/C22H28O6Si/c1-5-8-27-22(26)20-18-15-11-13(23)6-7-14(15)16(12-17(18)24)19(20)21(25)28-9-10-29(2,3)4/h5-7,11,16,18-20,23H,1,8-10,12H2,2-4H3/t16?,18-,19-,20-/m1/s1. The summed E-state index contributed by atoms with van der Waals surface area (Å²) in [7, 11) is -1.38. The quantitative estimate of drug-likeness (QED) is 0.416. The Labute approximate surface area is 171 Å². The summed E-state index contributed by atoms with van der Waals surface area (Å²) in [6.07, 6.45) is 1.63. The van der Waals surface area contributed by atoms with Gasteiger partial charge in [-0.2, -0.15) is 0 Å². The van der Waals surface area contributed by atoms with E-state index in [1.165, 1.54) is 12.1 Å². The Morgan fingerprint density at radius 3 is 2.52 bits per heavy atom. The Balaban J connectivity index is 1.95. The van der Waals surface area contributed by atoms with E-state index in [9.17, 15) is 19.5 Å². The van der Waals surface area contributed by atoms with Crippen LogP contribution in [0.15, 0.2) is 30.9 Å². The van der Waals surface area contributed by atoms with E-state index in [4.69, 9.17) is 9.47 Å². The summed E-state index contributed by atoms with van der Waals surface area (Å²) in [5.41, 5.74) is 1.44. The molecule has 0 amide bonds. The maximum Gasteiger partial charge on any atom is 0.311 e. The van der Waals surface area contributed by atoms with Crippen LogP contribution in [-0.2, 0) is 23.9 Å². The summed E-state index contributed by atoms with van der Waals surface area (Å²) in [6, 6.07) is 5.63. The molecule has 0 heterocycles. The predicted octanol–water partition coefficient (Wildman–Crippen LogP) is 3.39. The van der Waals surface area contributed by atoms with Gasteiger partial charge < -0.3 is 14.6 Å². The summed E-state index contributed by atoms with van der Waals surface area (Å²) >= 11 is 0. The van der Waals surface area contributed by atoms with E-state index in [-0.39, 0.29) is 24.6 Å². The van der Waals surface area contributed by atoms with Crippen LogP contribution in [0.1, 0.15) is 29.4 Å². The van der Waals surface area contributed by atoms with Crippen LogP contribution in [0.4, 0.5) is 0 Å². The molecule has 0 aliphatic heterocycles. The lowest BCUT2D eigenvalue weighted by Gasteiger charge is -2.46. The smallest absolute Gasteiger partial charge is 0.311 e. The van der Waals surface area contributed by atoms with Gasteiger partial charge in [0.05, 0.1) is 24.4 Å². The summed E-state index contributed by atoms with van der Waals surface area (Å²) in [4.78, 5) is 38.7. The first kappa shape index (κ1) is 21.3. The molecule has 1 fully saturated rings. The summed E-state index contributed by atoms with van der Waals surface area (Å²) in [5.74, 6) is -4.13. The zero-order chi connectivity index (χ0) is 21.3. The van der Waals surface area contributed by atoms with Crippen LogP contribution in [0.5, 0.6) is 5.75 Å². The minimum absolute atomic E-state index is 0.00516. The largest absolute Gasteiger partial charge is 0.508 e. The molecule has 0 aromatic heterocycles. The van der Waals surface area contributed by atoms with Crippen LogP contribution >= 0.6 is 0 Å². The number of ether oxygens (including phenoxy) is 2. The van der Waals surface area contributed by atoms with Gasteiger partial charge in [-0.3, -0.25) is 14.4 Å². The second kappa shape index (κ2) is 8.14. The second-order valence-corrected chi connectivity index (χ2v) is 14.6. The monoisotopic (exact) mass is 416 g/mol. The molecule has 1 N–H and O–H groups in total. The van der Waals surface area contributed by atoms with Gasteiger partial charge in [-0.05, 0) is 29.3 Å². The normalized spacial score (nSPS) is 25.3. The van der Waals surface area contributed by atoms with Crippen molar-refractivity contribution >= 4 is 25.8 Å². The second-order valence-electron chi connectivity index (χ2n) is 9.02. The first-order valence-corrected chi connectivity index (χ1v) is 13.6. The Bertz CT molecular complexity index is 840. The van der Waals surface area contributed by atoms with Crippen molar-refractivity contribution in [2.24, 2.45) is 11.8 Å². The Hall–Kier alpha value is -2.41. The summed E-state index contributed by atoms with van der Waals surface area (Å²) < 4.78 is 10.8. The van der Waals surface area contributed by atoms with Crippen LogP contribution in [0.2, 0.25) is 25.7 Å². The van der Waals surface area contributed by atoms with E-state index < -0.39 is 43.7 Å². The summed E-state index contributed by atoms with van der Waals surface area (Å²) in [6.45, 7) is 10.4. The third kappa shape index (κ3) is 4.29. The zero-order valence-corrected chi connectivity index (χ0v) is 18.1. The molecule has 0 radical (unpaired) electrons. The van der Waals surface area contributed by atoms with E-state index in [2.05, 4.69) is 26.2 Å². The molecule has 3 aliphatic carbocycles. The molecule has 1 aromatic carbocycles. The number of fused-ring (bicyclic) bond motifs is 2. The molecule has 0 saturated heterocycles. The minimum Gasteiger partial charge on any atom is -0.508 e. The average Bonchev–Trinajstić information content (AvgIpc) is 2.64. The van der Waals surface area contributed by atoms with E-state index in [0.29, 0.717) is 12.2 Å². The number of Topliss-reactive ketones (excluding diaryl/α,β-unsaturated/α-hetero) is 1. The SMILES string of the molecule is C=CCOC(=O)[C@H]1[C@H](C(=O)OCC[Si](C)(C)C)C2CC(=O)[C@H]1c1cc(O)ccc12. The van der Waals surface area contributed by atoms with Gasteiger partial charge in [0.25, 0.3) is 0 Å². The van der Waals surface area contributed by atoms with Crippen LogP contribution in [0.3, 0.4) is 0 Å². The number of carbonyl (C=O) groups is 3. The molecule has 1 unspecified atom stereocenters. The number of hydrogen-bond acceptors (Lipinski definition) is 6. The molecule has 7 heteroatoms. The van der Waals surface area contributed by atoms with Gasteiger partial charge in [-0.25, -0.2) is 0 Å². The van der Waals surface area contributed by atoms with Gasteiger partial charge in [0.1, 0.15) is 18.1 Å². The maximum absolute atomic E-state index is 13.1. The van der Waals surface area contributed by atoms with Gasteiger partial charge in [-0.15, -0.1) is 0 Å². The Kier molecular flexibility index (Phi) is 5.98. The van der Waals surface area contributed by atoms with Crippen molar-refractivity contribution in [2.45, 2.75) is 43.9 Å². The van der Waals surface area contributed by atoms with Crippen molar-refractivity contribution < 1.29 is 29.0 Å². The maximum atomic E-state index is 13.1. The van der Waals surface area contributed by atoms with Gasteiger partial charge >= 0.3 is 11.9 Å². The lowest BCUT2D eigenvalue weighted by atomic mass is 9.55. The highest BCUT2D eigenvalue weighted by molar-refractivity contribution is 6.76. The number of hydrogen-bond donors (Lipinski definition) is 1. The fourth-order valence-electron chi connectivity index (χ4n) is 4.35. The molecule has 156 valence electrons. The summed E-state index contributed by atoms with van der Waals surface area (Å²) in [5, 5.41) is 9.91. The Morgan fingerprint density at radius 1 is 1.17 bits per heavy atom. The number of esters is 2. The van der Waals surface area contributed by atoms with Gasteiger partial charge in [-0.1, -0.05) is 38.4 Å². The first-order valence-electron chi connectivity index (χ1n) is 9.93. The minimum atomic E-state index is -1.38. The number of phenolic OH excluding ortho intramolecular Hbond substituents is 1. The Morgan fingerprint density at radius 2 is 1.86 bits per heavy atom. The zero-order valence-electron chi connectivity index (χ0n) is 17.1. The molecular weight excluding hydrogens is 388 g/mol. The number of benzene rings is 1. The molecule has 4 rings (SSSR count). The van der Waals surface area contributed by atoms with Crippen molar-refractivity contribution in [3.63, 3.8) is 0 Å². The predicted molar refractivity (Wildman–Crippen MR) is 110 cm³/mol. The van der Waals surface area contributed by atoms with Crippen LogP contribution < -0.4 is 0 Å². The van der Waals surface area contributed by atoms with Crippen molar-refractivity contribution in [2.75, 3.05) is 13.2 Å². The molecule has 6 nitrogen and oxygen atoms in total. The number of phenols is 1. The molecule has 1 saturated carbocycles. The molecule has 4 atom stereocenters. The van der Waals surface area contributed by atoms with Crippen molar-refractivity contribution in [1.82, 2.24) is 0 Å². The highest BCUT2D eigenvalue weighted by Gasteiger charge is 2.57. The third-order valence-electron chi connectivity index (χ3n) is 5.74. The molecule has 0 spiro atoms. The highest BCUT2D eigenvalue weighted by Crippen LogP contribution is 2.55. The van der Waals surface area contributed by atoms with E-state index in [1.807, 2.05) is 0 Å². The van der Waals surface area contributed by atoms with Crippen LogP contribution in [0, 0.1) is 11.8 Å². The number of carbonyl (C=O) groups excluding carboxylic acids is 3. The average molecular weight is 417 g/mol. The molecule has 2 bridgehead atoms. The number of rotatable bonds is 7. The number of ketones is 1. The van der Waals surface area contributed by atoms with Crippen LogP contribution in [0.25, 0.3) is 0 Å². The van der Waals surface area contributed by atoms with E-state index >= 15 is 0 Å². The number of aromatic hydroxyl groups is 1. The van der Waals surface area contributed by atoms with Crippen molar-refractivity contribution in [3.8, 4) is 5.75 Å². The van der Waals surface area contributed by atoms with Gasteiger partial charge in [0, 0.05) is 20.4 Å². The van der Waals surface area contributed by atoms with Crippen molar-refractivity contribution in [3.05, 3.63) is 42.0 Å². The van der Waals surface area contributed by atoms with Gasteiger partial charge in [0.2, 0.25) is 0 Å². The molecular formula is C22H28O6Si. The lowest BCUT2D eigenvalue weighted by molar-refractivity contribution is -0.166. The molecule has 29 heavy (non-hydrogen) atoms. The first-order chi connectivity index (χ1) is 13.6.